The van der Waals surface area contributed by atoms with Crippen molar-refractivity contribution in [3.05, 3.63) is 0 Å². The third-order valence-corrected chi connectivity index (χ3v) is 3.30. The molecule has 0 saturated heterocycles. The molecule has 76 valence electrons. The molecule has 0 heterocycles. The van der Waals surface area contributed by atoms with Gasteiger partial charge in [-0.2, -0.15) is 0 Å². The number of carbonyl (C=O) groups excluding carboxylic acids is 1. The normalized spacial score (nSPS) is 28.3. The van der Waals surface area contributed by atoms with Gasteiger partial charge in [0.25, 0.3) is 0 Å². The Balaban J connectivity index is 2.23. The second-order valence-electron chi connectivity index (χ2n) is 4.37. The molecule has 1 heteroatoms. The van der Waals surface area contributed by atoms with Crippen molar-refractivity contribution < 1.29 is 4.79 Å². The Hall–Kier alpha value is -0.330. The average Bonchev–Trinajstić information content (AvgIpc) is 2.48. The highest BCUT2D eigenvalue weighted by atomic mass is 16.1. The summed E-state index contributed by atoms with van der Waals surface area (Å²) in [6.07, 6.45) is 8.20. The Kier molecular flexibility index (Phi) is 4.47. The maximum Gasteiger partial charge on any atom is 0.136 e. The SMILES string of the molecule is CCCCCC1CC(CC)CC1=O. The van der Waals surface area contributed by atoms with E-state index in [1.807, 2.05) is 0 Å². The van der Waals surface area contributed by atoms with E-state index in [0.717, 1.165) is 12.8 Å². The third kappa shape index (κ3) is 3.13. The smallest absolute Gasteiger partial charge is 0.136 e. The summed E-state index contributed by atoms with van der Waals surface area (Å²) < 4.78 is 0. The Morgan fingerprint density at radius 2 is 2.08 bits per heavy atom. The lowest BCUT2D eigenvalue weighted by Crippen LogP contribution is -2.05. The monoisotopic (exact) mass is 182 g/mol. The van der Waals surface area contributed by atoms with Gasteiger partial charge in [0, 0.05) is 12.3 Å². The number of rotatable bonds is 5. The van der Waals surface area contributed by atoms with Gasteiger partial charge in [-0.25, -0.2) is 0 Å². The minimum absolute atomic E-state index is 0.427. The van der Waals surface area contributed by atoms with Gasteiger partial charge >= 0.3 is 0 Å². The molecule has 0 amide bonds. The van der Waals surface area contributed by atoms with Crippen molar-refractivity contribution >= 4 is 5.78 Å². The van der Waals surface area contributed by atoms with Crippen LogP contribution in [0.25, 0.3) is 0 Å². The van der Waals surface area contributed by atoms with Crippen LogP contribution in [0.5, 0.6) is 0 Å². The summed E-state index contributed by atoms with van der Waals surface area (Å²) in [6, 6.07) is 0. The van der Waals surface area contributed by atoms with Gasteiger partial charge in [0.05, 0.1) is 0 Å². The molecule has 0 aromatic heterocycles. The summed E-state index contributed by atoms with van der Waals surface area (Å²) in [4.78, 5) is 11.5. The number of hydrogen-bond acceptors (Lipinski definition) is 1. The number of hydrogen-bond donors (Lipinski definition) is 0. The van der Waals surface area contributed by atoms with Gasteiger partial charge < -0.3 is 0 Å². The maximum absolute atomic E-state index is 11.5. The Morgan fingerprint density at radius 3 is 2.62 bits per heavy atom. The lowest BCUT2D eigenvalue weighted by Gasteiger charge is -2.07. The number of Topliss-reactive ketones (excluding diaryl/α,β-unsaturated/α-hetero) is 1. The van der Waals surface area contributed by atoms with Gasteiger partial charge in [-0.05, 0) is 18.8 Å². The van der Waals surface area contributed by atoms with E-state index in [0.29, 0.717) is 17.6 Å². The van der Waals surface area contributed by atoms with Crippen LogP contribution < -0.4 is 0 Å². The highest BCUT2D eigenvalue weighted by molar-refractivity contribution is 5.83. The van der Waals surface area contributed by atoms with Crippen LogP contribution in [-0.2, 0) is 4.79 Å². The average molecular weight is 182 g/mol. The lowest BCUT2D eigenvalue weighted by atomic mass is 9.97. The number of carbonyl (C=O) groups is 1. The largest absolute Gasteiger partial charge is 0.299 e. The summed E-state index contributed by atoms with van der Waals surface area (Å²) in [5.74, 6) is 1.68. The molecule has 0 aliphatic heterocycles. The first-order chi connectivity index (χ1) is 6.27. The first kappa shape index (κ1) is 10.7. The van der Waals surface area contributed by atoms with E-state index in [1.54, 1.807) is 0 Å². The fourth-order valence-electron chi connectivity index (χ4n) is 2.30. The summed E-state index contributed by atoms with van der Waals surface area (Å²) in [5, 5.41) is 0. The number of ketones is 1. The minimum atomic E-state index is 0.427. The van der Waals surface area contributed by atoms with Gasteiger partial charge in [-0.1, -0.05) is 39.5 Å². The fraction of sp³-hybridized carbons (Fsp3) is 0.917. The molecule has 0 aromatic carbocycles. The van der Waals surface area contributed by atoms with E-state index < -0.39 is 0 Å². The van der Waals surface area contributed by atoms with Crippen LogP contribution in [0, 0.1) is 11.8 Å². The van der Waals surface area contributed by atoms with Crippen LogP contribution in [-0.4, -0.2) is 5.78 Å². The van der Waals surface area contributed by atoms with Crippen molar-refractivity contribution in [2.24, 2.45) is 11.8 Å². The van der Waals surface area contributed by atoms with Crippen molar-refractivity contribution in [1.82, 2.24) is 0 Å². The molecule has 2 atom stereocenters. The van der Waals surface area contributed by atoms with Gasteiger partial charge in [-0.15, -0.1) is 0 Å². The lowest BCUT2D eigenvalue weighted by molar-refractivity contribution is -0.121. The summed E-state index contributed by atoms with van der Waals surface area (Å²) in [7, 11) is 0. The van der Waals surface area contributed by atoms with Crippen molar-refractivity contribution in [3.63, 3.8) is 0 Å². The van der Waals surface area contributed by atoms with Crippen molar-refractivity contribution in [2.45, 2.75) is 58.8 Å². The van der Waals surface area contributed by atoms with E-state index in [-0.39, 0.29) is 0 Å². The molecule has 1 aliphatic carbocycles. The van der Waals surface area contributed by atoms with Crippen LogP contribution in [0.15, 0.2) is 0 Å². The van der Waals surface area contributed by atoms with E-state index in [9.17, 15) is 4.79 Å². The van der Waals surface area contributed by atoms with E-state index >= 15 is 0 Å². The van der Waals surface area contributed by atoms with Gasteiger partial charge in [0.1, 0.15) is 5.78 Å². The number of unbranched alkanes of at least 4 members (excludes halogenated alkanes) is 2. The van der Waals surface area contributed by atoms with Gasteiger partial charge in [0.2, 0.25) is 0 Å². The highest BCUT2D eigenvalue weighted by Gasteiger charge is 2.30. The molecular formula is C12H22O. The molecule has 1 fully saturated rings. The fourth-order valence-corrected chi connectivity index (χ4v) is 2.30. The quantitative estimate of drug-likeness (QED) is 0.594. The molecule has 0 radical (unpaired) electrons. The molecule has 1 saturated carbocycles. The molecule has 0 aromatic rings. The predicted octanol–water partition coefficient (Wildman–Crippen LogP) is 3.57. The Labute approximate surface area is 81.9 Å². The highest BCUT2D eigenvalue weighted by Crippen LogP contribution is 2.33. The van der Waals surface area contributed by atoms with E-state index in [1.165, 1.54) is 32.1 Å². The van der Waals surface area contributed by atoms with Crippen molar-refractivity contribution in [1.29, 1.82) is 0 Å². The molecular weight excluding hydrogens is 160 g/mol. The molecule has 13 heavy (non-hydrogen) atoms. The van der Waals surface area contributed by atoms with Crippen LogP contribution in [0.2, 0.25) is 0 Å². The minimum Gasteiger partial charge on any atom is -0.299 e. The molecule has 0 spiro atoms. The third-order valence-electron chi connectivity index (χ3n) is 3.30. The molecule has 1 aliphatic rings. The van der Waals surface area contributed by atoms with Gasteiger partial charge in [0.15, 0.2) is 0 Å². The zero-order valence-electron chi connectivity index (χ0n) is 9.01. The van der Waals surface area contributed by atoms with Crippen LogP contribution in [0.3, 0.4) is 0 Å². The molecule has 2 unspecified atom stereocenters. The molecule has 0 N–H and O–H groups in total. The summed E-state index contributed by atoms with van der Waals surface area (Å²) >= 11 is 0. The zero-order valence-corrected chi connectivity index (χ0v) is 9.01. The Bertz CT molecular complexity index is 163. The second-order valence-corrected chi connectivity index (χ2v) is 4.37. The zero-order chi connectivity index (χ0) is 9.68. The first-order valence-electron chi connectivity index (χ1n) is 5.80. The van der Waals surface area contributed by atoms with Gasteiger partial charge in [-0.3, -0.25) is 4.79 Å². The van der Waals surface area contributed by atoms with Crippen molar-refractivity contribution in [3.8, 4) is 0 Å². The summed E-state index contributed by atoms with van der Waals surface area (Å²) in [6.45, 7) is 4.41. The summed E-state index contributed by atoms with van der Waals surface area (Å²) in [5.41, 5.74) is 0. The van der Waals surface area contributed by atoms with Crippen molar-refractivity contribution in [2.75, 3.05) is 0 Å². The predicted molar refractivity (Wildman–Crippen MR) is 55.7 cm³/mol. The van der Waals surface area contributed by atoms with Crippen LogP contribution in [0.1, 0.15) is 58.8 Å². The molecule has 0 bridgehead atoms. The van der Waals surface area contributed by atoms with E-state index in [2.05, 4.69) is 13.8 Å². The van der Waals surface area contributed by atoms with E-state index in [4.69, 9.17) is 0 Å². The molecule has 1 rings (SSSR count). The standard InChI is InChI=1S/C12H22O/c1-3-5-6-7-11-8-10(4-2)9-12(11)13/h10-11H,3-9H2,1-2H3. The second kappa shape index (κ2) is 5.41. The first-order valence-corrected chi connectivity index (χ1v) is 5.80. The van der Waals surface area contributed by atoms with Crippen LogP contribution in [0.4, 0.5) is 0 Å². The Morgan fingerprint density at radius 1 is 1.31 bits per heavy atom. The molecule has 1 nitrogen and oxygen atoms in total. The maximum atomic E-state index is 11.5. The van der Waals surface area contributed by atoms with Crippen LogP contribution >= 0.6 is 0 Å². The topological polar surface area (TPSA) is 17.1 Å².